The van der Waals surface area contributed by atoms with Crippen LogP contribution in [0.15, 0.2) is 46.2 Å². The lowest BCUT2D eigenvalue weighted by Crippen LogP contribution is -1.83. The van der Waals surface area contributed by atoms with E-state index in [2.05, 4.69) is 17.5 Å². The molecule has 2 heterocycles. The number of hydrogen-bond acceptors (Lipinski definition) is 3. The van der Waals surface area contributed by atoms with E-state index in [0.717, 1.165) is 18.5 Å². The summed E-state index contributed by atoms with van der Waals surface area (Å²) in [7, 11) is 0. The van der Waals surface area contributed by atoms with Crippen LogP contribution in [0.1, 0.15) is 21.9 Å². The van der Waals surface area contributed by atoms with E-state index in [9.17, 15) is 4.79 Å². The van der Waals surface area contributed by atoms with Crippen LogP contribution in [0.4, 0.5) is 0 Å². The highest BCUT2D eigenvalue weighted by Gasteiger charge is 2.07. The maximum Gasteiger partial charge on any atom is 0.185 e. The minimum atomic E-state index is 0.388. The smallest absolute Gasteiger partial charge is 0.185 e. The highest BCUT2D eigenvalue weighted by molar-refractivity contribution is 7.17. The normalized spacial score (nSPS) is 10.8. The Morgan fingerprint density at radius 2 is 2.06 bits per heavy atom. The van der Waals surface area contributed by atoms with Crippen molar-refractivity contribution in [3.63, 3.8) is 0 Å². The highest BCUT2D eigenvalue weighted by atomic mass is 32.1. The van der Waals surface area contributed by atoms with Gasteiger partial charge in [-0.1, -0.05) is 18.2 Å². The van der Waals surface area contributed by atoms with E-state index in [0.29, 0.717) is 5.76 Å². The molecule has 0 fully saturated rings. The topological polar surface area (TPSA) is 30.2 Å². The van der Waals surface area contributed by atoms with Crippen LogP contribution in [0.3, 0.4) is 0 Å². The third-order valence-corrected chi connectivity index (χ3v) is 3.74. The summed E-state index contributed by atoms with van der Waals surface area (Å²) in [6, 6.07) is 11.9. The zero-order chi connectivity index (χ0) is 11.7. The first-order chi connectivity index (χ1) is 8.36. The van der Waals surface area contributed by atoms with Gasteiger partial charge in [0.1, 0.15) is 5.76 Å². The number of fused-ring (bicyclic) bond motifs is 1. The van der Waals surface area contributed by atoms with E-state index < -0.39 is 0 Å². The Morgan fingerprint density at radius 3 is 2.88 bits per heavy atom. The van der Waals surface area contributed by atoms with E-state index in [1.54, 1.807) is 17.4 Å². The van der Waals surface area contributed by atoms with E-state index in [4.69, 9.17) is 4.42 Å². The molecule has 0 saturated heterocycles. The largest absolute Gasteiger partial charge is 0.458 e. The molecule has 0 aliphatic heterocycles. The zero-order valence-electron chi connectivity index (χ0n) is 9.05. The first kappa shape index (κ1) is 10.3. The lowest BCUT2D eigenvalue weighted by Gasteiger charge is -1.96. The molecule has 2 nitrogen and oxygen atoms in total. The number of carbonyl (C=O) groups excluding carboxylic acids is 1. The number of rotatable bonds is 3. The van der Waals surface area contributed by atoms with Crippen LogP contribution in [-0.2, 0) is 6.42 Å². The number of benzene rings is 1. The monoisotopic (exact) mass is 242 g/mol. The van der Waals surface area contributed by atoms with Crippen LogP contribution < -0.4 is 0 Å². The number of carbonyl (C=O) groups is 1. The second-order valence-corrected chi connectivity index (χ2v) is 4.77. The summed E-state index contributed by atoms with van der Waals surface area (Å²) in [4.78, 5) is 10.5. The van der Waals surface area contributed by atoms with E-state index in [1.807, 2.05) is 18.2 Å². The predicted octanol–water partition coefficient (Wildman–Crippen LogP) is 3.90. The van der Waals surface area contributed by atoms with Crippen molar-refractivity contribution in [3.8, 4) is 0 Å². The van der Waals surface area contributed by atoms with Gasteiger partial charge in [0, 0.05) is 11.1 Å². The first-order valence-electron chi connectivity index (χ1n) is 5.36. The molecule has 1 aromatic carbocycles. The molecule has 0 aliphatic carbocycles. The highest BCUT2D eigenvalue weighted by Crippen LogP contribution is 2.27. The molecule has 2 aromatic heterocycles. The van der Waals surface area contributed by atoms with Crippen molar-refractivity contribution >= 4 is 27.7 Å². The molecule has 0 atom stereocenters. The Hall–Kier alpha value is -1.87. The molecule has 0 spiro atoms. The molecule has 0 aliphatic rings. The Morgan fingerprint density at radius 1 is 1.18 bits per heavy atom. The number of aldehydes is 1. The van der Waals surface area contributed by atoms with Crippen LogP contribution in [-0.4, -0.2) is 6.29 Å². The third-order valence-electron chi connectivity index (χ3n) is 2.72. The molecule has 0 radical (unpaired) electrons. The van der Waals surface area contributed by atoms with Gasteiger partial charge in [-0.05, 0) is 34.5 Å². The van der Waals surface area contributed by atoms with Gasteiger partial charge in [0.05, 0.1) is 0 Å². The van der Waals surface area contributed by atoms with Crippen molar-refractivity contribution in [2.24, 2.45) is 0 Å². The standard InChI is InChI=1S/C14H10O2S/c15-8-12-6-5-11(16-12)7-10-9-17-14-4-2-1-3-13(10)14/h1-6,8-9H,7H2. The fourth-order valence-corrected chi connectivity index (χ4v) is 2.87. The van der Waals surface area contributed by atoms with Gasteiger partial charge in [0.2, 0.25) is 0 Å². The van der Waals surface area contributed by atoms with Crippen LogP contribution in [0.2, 0.25) is 0 Å². The fourth-order valence-electron chi connectivity index (χ4n) is 1.91. The van der Waals surface area contributed by atoms with Gasteiger partial charge in [-0.15, -0.1) is 11.3 Å². The van der Waals surface area contributed by atoms with Gasteiger partial charge >= 0.3 is 0 Å². The van der Waals surface area contributed by atoms with Crippen molar-refractivity contribution in [3.05, 3.63) is 58.9 Å². The molecular formula is C14H10O2S. The third kappa shape index (κ3) is 1.89. The van der Waals surface area contributed by atoms with Crippen molar-refractivity contribution in [2.75, 3.05) is 0 Å². The average molecular weight is 242 g/mol. The van der Waals surface area contributed by atoms with E-state index >= 15 is 0 Å². The summed E-state index contributed by atoms with van der Waals surface area (Å²) < 4.78 is 6.67. The number of hydrogen-bond donors (Lipinski definition) is 0. The number of furan rings is 1. The summed E-state index contributed by atoms with van der Waals surface area (Å²) in [5.41, 5.74) is 1.25. The average Bonchev–Trinajstić information content (AvgIpc) is 2.97. The summed E-state index contributed by atoms with van der Waals surface area (Å²) in [6.07, 6.45) is 1.47. The van der Waals surface area contributed by atoms with Crippen molar-refractivity contribution in [1.82, 2.24) is 0 Å². The summed E-state index contributed by atoms with van der Waals surface area (Å²) in [5.74, 6) is 1.22. The quantitative estimate of drug-likeness (QED) is 0.652. The van der Waals surface area contributed by atoms with Gasteiger partial charge in [-0.3, -0.25) is 4.79 Å². The predicted molar refractivity (Wildman–Crippen MR) is 68.7 cm³/mol. The second-order valence-electron chi connectivity index (χ2n) is 3.86. The van der Waals surface area contributed by atoms with E-state index in [1.165, 1.54) is 15.6 Å². The van der Waals surface area contributed by atoms with Crippen LogP contribution in [0.5, 0.6) is 0 Å². The van der Waals surface area contributed by atoms with Crippen molar-refractivity contribution in [2.45, 2.75) is 6.42 Å². The van der Waals surface area contributed by atoms with Crippen molar-refractivity contribution in [1.29, 1.82) is 0 Å². The summed E-state index contributed by atoms with van der Waals surface area (Å²) in [6.45, 7) is 0. The minimum Gasteiger partial charge on any atom is -0.458 e. The van der Waals surface area contributed by atoms with Crippen LogP contribution >= 0.6 is 11.3 Å². The molecular weight excluding hydrogens is 232 g/mol. The Bertz CT molecular complexity index is 663. The molecule has 0 amide bonds. The molecule has 0 N–H and O–H groups in total. The molecule has 0 bridgehead atoms. The molecule has 0 saturated carbocycles. The molecule has 17 heavy (non-hydrogen) atoms. The van der Waals surface area contributed by atoms with Gasteiger partial charge in [-0.2, -0.15) is 0 Å². The Kier molecular flexibility index (Phi) is 2.53. The SMILES string of the molecule is O=Cc1ccc(Cc2csc3ccccc23)o1. The van der Waals surface area contributed by atoms with Crippen LogP contribution in [0.25, 0.3) is 10.1 Å². The maximum absolute atomic E-state index is 10.5. The Labute approximate surface area is 102 Å². The minimum absolute atomic E-state index is 0.388. The fraction of sp³-hybridized carbons (Fsp3) is 0.0714. The lowest BCUT2D eigenvalue weighted by atomic mass is 10.1. The van der Waals surface area contributed by atoms with Crippen molar-refractivity contribution < 1.29 is 9.21 Å². The summed E-state index contributed by atoms with van der Waals surface area (Å²) in [5, 5.41) is 3.41. The van der Waals surface area contributed by atoms with Gasteiger partial charge < -0.3 is 4.42 Å². The number of thiophene rings is 1. The lowest BCUT2D eigenvalue weighted by molar-refractivity contribution is 0.109. The molecule has 84 valence electrons. The second kappa shape index (κ2) is 4.18. The first-order valence-corrected chi connectivity index (χ1v) is 6.24. The van der Waals surface area contributed by atoms with Gasteiger partial charge in [-0.25, -0.2) is 0 Å². The molecule has 3 aromatic rings. The molecule has 3 heteroatoms. The van der Waals surface area contributed by atoms with Gasteiger partial charge in [0.15, 0.2) is 12.0 Å². The van der Waals surface area contributed by atoms with E-state index in [-0.39, 0.29) is 0 Å². The molecule has 3 rings (SSSR count). The zero-order valence-corrected chi connectivity index (χ0v) is 9.87. The Balaban J connectivity index is 1.96. The van der Waals surface area contributed by atoms with Gasteiger partial charge in [0.25, 0.3) is 0 Å². The molecule has 0 unspecified atom stereocenters. The summed E-state index contributed by atoms with van der Waals surface area (Å²) >= 11 is 1.73. The maximum atomic E-state index is 10.5. The van der Waals surface area contributed by atoms with Crippen LogP contribution in [0, 0.1) is 0 Å².